The number of amides is 2. The number of hydrogen-bond donors (Lipinski definition) is 1. The van der Waals surface area contributed by atoms with Gasteiger partial charge in [0.1, 0.15) is 5.71 Å². The molecule has 2 aliphatic heterocycles. The molecule has 0 saturated carbocycles. The molecule has 2 heterocycles. The van der Waals surface area contributed by atoms with Crippen molar-refractivity contribution in [2.75, 3.05) is 16.8 Å². The van der Waals surface area contributed by atoms with Crippen molar-refractivity contribution in [3.63, 3.8) is 0 Å². The average molecular weight is 421 g/mol. The molecular formula is C19H23N3O6S. The zero-order valence-corrected chi connectivity index (χ0v) is 17.1. The molecule has 3 rings (SSSR count). The Hall–Kier alpha value is -2.75. The molecule has 156 valence electrons. The van der Waals surface area contributed by atoms with Gasteiger partial charge in [-0.25, -0.2) is 18.2 Å². The summed E-state index contributed by atoms with van der Waals surface area (Å²) in [4.78, 5) is 36.5. The van der Waals surface area contributed by atoms with Gasteiger partial charge in [-0.15, -0.1) is 0 Å². The van der Waals surface area contributed by atoms with Crippen LogP contribution in [0.3, 0.4) is 0 Å². The van der Waals surface area contributed by atoms with Gasteiger partial charge >= 0.3 is 5.97 Å². The second-order valence-corrected chi connectivity index (χ2v) is 9.56. The van der Waals surface area contributed by atoms with Gasteiger partial charge in [0.2, 0.25) is 5.91 Å². The summed E-state index contributed by atoms with van der Waals surface area (Å²) in [6, 6.07) is 5.71. The fraction of sp³-hybridized carbons (Fsp3) is 0.474. The second kappa shape index (κ2) is 8.32. The zero-order valence-electron chi connectivity index (χ0n) is 16.3. The van der Waals surface area contributed by atoms with E-state index in [0.29, 0.717) is 17.7 Å². The van der Waals surface area contributed by atoms with Crippen molar-refractivity contribution >= 4 is 39.0 Å². The van der Waals surface area contributed by atoms with E-state index >= 15 is 0 Å². The van der Waals surface area contributed by atoms with Crippen molar-refractivity contribution in [2.24, 2.45) is 5.10 Å². The molecule has 1 atom stereocenters. The first-order chi connectivity index (χ1) is 13.6. The number of sulfone groups is 1. The van der Waals surface area contributed by atoms with Gasteiger partial charge in [0.05, 0.1) is 29.2 Å². The summed E-state index contributed by atoms with van der Waals surface area (Å²) in [5.41, 5.74) is 0.994. The Balaban J connectivity index is 1.67. The van der Waals surface area contributed by atoms with Crippen molar-refractivity contribution < 1.29 is 27.5 Å². The number of hydrazone groups is 1. The summed E-state index contributed by atoms with van der Waals surface area (Å²) in [6.07, 6.45) is 0.370. The lowest BCUT2D eigenvalue weighted by atomic mass is 10.1. The van der Waals surface area contributed by atoms with E-state index < -0.39 is 27.8 Å². The Morgan fingerprint density at radius 1 is 1.21 bits per heavy atom. The number of ether oxygens (including phenoxy) is 1. The minimum absolute atomic E-state index is 0.0179. The first-order valence-electron chi connectivity index (χ1n) is 9.37. The van der Waals surface area contributed by atoms with Gasteiger partial charge in [-0.2, -0.15) is 5.10 Å². The smallest absolute Gasteiger partial charge is 0.338 e. The van der Waals surface area contributed by atoms with Gasteiger partial charge in [0.25, 0.3) is 5.91 Å². The SMILES string of the molecule is CC(C)OC(=O)c1ccc(NC(=O)C2=NN(C3CCS(=O)(=O)C3)C(=O)CC2)cc1. The minimum Gasteiger partial charge on any atom is -0.459 e. The van der Waals surface area contributed by atoms with E-state index in [2.05, 4.69) is 10.4 Å². The summed E-state index contributed by atoms with van der Waals surface area (Å²) in [5.74, 6) is -1.32. The molecule has 0 bridgehead atoms. The van der Waals surface area contributed by atoms with E-state index in [4.69, 9.17) is 4.74 Å². The number of esters is 1. The number of carbonyl (C=O) groups excluding carboxylic acids is 3. The van der Waals surface area contributed by atoms with Gasteiger partial charge in [0, 0.05) is 18.5 Å². The van der Waals surface area contributed by atoms with Crippen LogP contribution < -0.4 is 5.32 Å². The summed E-state index contributed by atoms with van der Waals surface area (Å²) in [7, 11) is -3.17. The Labute approximate surface area is 169 Å². The third-order valence-corrected chi connectivity index (χ3v) is 6.35. The minimum atomic E-state index is -3.17. The number of carbonyl (C=O) groups is 3. The predicted octanol–water partition coefficient (Wildman–Crippen LogP) is 1.36. The van der Waals surface area contributed by atoms with Crippen LogP contribution in [0.4, 0.5) is 5.69 Å². The molecule has 10 heteroatoms. The summed E-state index contributed by atoms with van der Waals surface area (Å²) in [6.45, 7) is 3.51. The fourth-order valence-electron chi connectivity index (χ4n) is 3.16. The molecule has 1 fully saturated rings. The van der Waals surface area contributed by atoms with Crippen molar-refractivity contribution in [3.8, 4) is 0 Å². The van der Waals surface area contributed by atoms with Crippen LogP contribution in [0.1, 0.15) is 43.5 Å². The highest BCUT2D eigenvalue weighted by molar-refractivity contribution is 7.91. The molecule has 1 unspecified atom stereocenters. The molecule has 0 aromatic heterocycles. The van der Waals surface area contributed by atoms with Crippen molar-refractivity contribution in [1.82, 2.24) is 5.01 Å². The highest BCUT2D eigenvalue weighted by atomic mass is 32.2. The third-order valence-electron chi connectivity index (χ3n) is 4.60. The van der Waals surface area contributed by atoms with Crippen LogP contribution in [0.2, 0.25) is 0 Å². The second-order valence-electron chi connectivity index (χ2n) is 7.33. The average Bonchev–Trinajstić information content (AvgIpc) is 3.01. The largest absolute Gasteiger partial charge is 0.459 e. The first-order valence-corrected chi connectivity index (χ1v) is 11.2. The highest BCUT2D eigenvalue weighted by Gasteiger charge is 2.37. The van der Waals surface area contributed by atoms with Crippen LogP contribution in [-0.4, -0.2) is 60.6 Å². The maximum Gasteiger partial charge on any atom is 0.338 e. The molecule has 9 nitrogen and oxygen atoms in total. The van der Waals surface area contributed by atoms with E-state index in [1.54, 1.807) is 38.1 Å². The third kappa shape index (κ3) is 5.20. The molecule has 2 aliphatic rings. The highest BCUT2D eigenvalue weighted by Crippen LogP contribution is 2.22. The quantitative estimate of drug-likeness (QED) is 0.716. The van der Waals surface area contributed by atoms with E-state index in [1.807, 2.05) is 0 Å². The predicted molar refractivity (Wildman–Crippen MR) is 106 cm³/mol. The number of rotatable bonds is 5. The molecule has 1 aromatic rings. The van der Waals surface area contributed by atoms with E-state index in [0.717, 1.165) is 5.01 Å². The Bertz CT molecular complexity index is 953. The number of anilines is 1. The molecule has 1 aromatic carbocycles. The monoisotopic (exact) mass is 421 g/mol. The number of benzene rings is 1. The summed E-state index contributed by atoms with van der Waals surface area (Å²) < 4.78 is 28.5. The van der Waals surface area contributed by atoms with Crippen LogP contribution in [0.25, 0.3) is 0 Å². The van der Waals surface area contributed by atoms with E-state index in [-0.39, 0.29) is 42.1 Å². The fourth-order valence-corrected chi connectivity index (χ4v) is 4.86. The lowest BCUT2D eigenvalue weighted by Crippen LogP contribution is -2.42. The van der Waals surface area contributed by atoms with Crippen LogP contribution >= 0.6 is 0 Å². The van der Waals surface area contributed by atoms with Gasteiger partial charge < -0.3 is 10.1 Å². The Morgan fingerprint density at radius 3 is 2.48 bits per heavy atom. The van der Waals surface area contributed by atoms with Gasteiger partial charge in [-0.05, 0) is 44.5 Å². The van der Waals surface area contributed by atoms with E-state index in [9.17, 15) is 22.8 Å². The van der Waals surface area contributed by atoms with Gasteiger partial charge in [-0.3, -0.25) is 9.59 Å². The molecule has 29 heavy (non-hydrogen) atoms. The Morgan fingerprint density at radius 2 is 1.90 bits per heavy atom. The first kappa shape index (κ1) is 21.0. The summed E-state index contributed by atoms with van der Waals surface area (Å²) in [5, 5.41) is 7.96. The maximum atomic E-state index is 12.5. The molecule has 1 N–H and O–H groups in total. The number of nitrogens with one attached hydrogen (secondary N) is 1. The van der Waals surface area contributed by atoms with Gasteiger partial charge in [-0.1, -0.05) is 0 Å². The standard InChI is InChI=1S/C19H23N3O6S/c1-12(2)28-19(25)13-3-5-14(6-4-13)20-18(24)16-7-8-17(23)22(21-16)15-9-10-29(26,27)11-15/h3-6,12,15H,7-11H2,1-2H3,(H,20,24). The van der Waals surface area contributed by atoms with Crippen molar-refractivity contribution in [1.29, 1.82) is 0 Å². The van der Waals surface area contributed by atoms with Crippen LogP contribution in [0.15, 0.2) is 29.4 Å². The van der Waals surface area contributed by atoms with Crippen LogP contribution in [-0.2, 0) is 24.2 Å². The topological polar surface area (TPSA) is 122 Å². The van der Waals surface area contributed by atoms with E-state index in [1.165, 1.54) is 0 Å². The molecule has 2 amide bonds. The lowest BCUT2D eigenvalue weighted by Gasteiger charge is -2.27. The molecule has 1 saturated heterocycles. The molecule has 0 aliphatic carbocycles. The zero-order chi connectivity index (χ0) is 21.2. The Kier molecular flexibility index (Phi) is 6.02. The normalized spacial score (nSPS) is 21.1. The molecular weight excluding hydrogens is 398 g/mol. The summed E-state index contributed by atoms with van der Waals surface area (Å²) >= 11 is 0. The molecule has 0 spiro atoms. The van der Waals surface area contributed by atoms with Crippen molar-refractivity contribution in [2.45, 2.75) is 45.3 Å². The number of hydrogen-bond acceptors (Lipinski definition) is 7. The van der Waals surface area contributed by atoms with Crippen LogP contribution in [0, 0.1) is 0 Å². The molecule has 0 radical (unpaired) electrons. The van der Waals surface area contributed by atoms with Crippen LogP contribution in [0.5, 0.6) is 0 Å². The maximum absolute atomic E-state index is 12.5. The number of nitrogens with zero attached hydrogens (tertiary/aromatic N) is 2. The lowest BCUT2D eigenvalue weighted by molar-refractivity contribution is -0.133. The van der Waals surface area contributed by atoms with Gasteiger partial charge in [0.15, 0.2) is 9.84 Å². The van der Waals surface area contributed by atoms with Crippen molar-refractivity contribution in [3.05, 3.63) is 29.8 Å².